The van der Waals surface area contributed by atoms with E-state index in [-0.39, 0.29) is 11.4 Å². The van der Waals surface area contributed by atoms with Gasteiger partial charge in [-0.2, -0.15) is 0 Å². The highest BCUT2D eigenvalue weighted by Gasteiger charge is 2.22. The molecule has 0 amide bonds. The average Bonchev–Trinajstić information content (AvgIpc) is 2.17. The molecule has 0 aliphatic rings. The number of carbonyl (C=O) groups is 1. The van der Waals surface area contributed by atoms with Crippen LogP contribution in [0.2, 0.25) is 0 Å². The molecule has 0 spiro atoms. The fraction of sp³-hybridized carbons (Fsp3) is 0.500. The van der Waals surface area contributed by atoms with E-state index in [1.54, 1.807) is 19.3 Å². The Morgan fingerprint density at radius 3 is 2.67 bits per heavy atom. The maximum Gasteiger partial charge on any atom is 0.339 e. The SMILES string of the molecule is CCOC(=O)c1cnccc1C(C)(C)C. The molecule has 0 fully saturated rings. The Kier molecular flexibility index (Phi) is 3.45. The molecule has 0 saturated carbocycles. The number of ether oxygens (including phenoxy) is 1. The molecule has 0 saturated heterocycles. The second-order valence-corrected chi connectivity index (χ2v) is 4.39. The van der Waals surface area contributed by atoms with E-state index in [1.807, 2.05) is 6.07 Å². The van der Waals surface area contributed by atoms with E-state index in [0.717, 1.165) is 5.56 Å². The van der Waals surface area contributed by atoms with Crippen molar-refractivity contribution in [3.8, 4) is 0 Å². The van der Waals surface area contributed by atoms with E-state index < -0.39 is 0 Å². The van der Waals surface area contributed by atoms with Crippen LogP contribution in [-0.4, -0.2) is 17.6 Å². The summed E-state index contributed by atoms with van der Waals surface area (Å²) in [6.45, 7) is 8.36. The second kappa shape index (κ2) is 4.43. The van der Waals surface area contributed by atoms with E-state index in [4.69, 9.17) is 4.74 Å². The van der Waals surface area contributed by atoms with Crippen LogP contribution in [0.3, 0.4) is 0 Å². The number of hydrogen-bond acceptors (Lipinski definition) is 3. The largest absolute Gasteiger partial charge is 0.462 e. The summed E-state index contributed by atoms with van der Waals surface area (Å²) in [5.74, 6) is -0.296. The summed E-state index contributed by atoms with van der Waals surface area (Å²) >= 11 is 0. The van der Waals surface area contributed by atoms with Crippen LogP contribution in [0.1, 0.15) is 43.6 Å². The number of esters is 1. The van der Waals surface area contributed by atoms with E-state index in [9.17, 15) is 4.79 Å². The third-order valence-electron chi connectivity index (χ3n) is 2.12. The van der Waals surface area contributed by atoms with Crippen LogP contribution >= 0.6 is 0 Å². The zero-order valence-corrected chi connectivity index (χ0v) is 9.70. The maximum atomic E-state index is 11.6. The standard InChI is InChI=1S/C12H17NO2/c1-5-15-11(14)9-8-13-7-6-10(9)12(2,3)4/h6-8H,5H2,1-4H3. The highest BCUT2D eigenvalue weighted by atomic mass is 16.5. The molecule has 0 atom stereocenters. The normalized spacial score (nSPS) is 11.2. The van der Waals surface area contributed by atoms with Crippen LogP contribution in [0.4, 0.5) is 0 Å². The molecular weight excluding hydrogens is 190 g/mol. The predicted molar refractivity (Wildman–Crippen MR) is 58.9 cm³/mol. The lowest BCUT2D eigenvalue weighted by Gasteiger charge is -2.21. The Labute approximate surface area is 90.5 Å². The molecule has 82 valence electrons. The molecule has 0 N–H and O–H groups in total. The van der Waals surface area contributed by atoms with Gasteiger partial charge in [0.1, 0.15) is 0 Å². The minimum Gasteiger partial charge on any atom is -0.462 e. The van der Waals surface area contributed by atoms with Crippen molar-refractivity contribution in [1.82, 2.24) is 4.98 Å². The number of rotatable bonds is 2. The van der Waals surface area contributed by atoms with Gasteiger partial charge in [-0.3, -0.25) is 4.98 Å². The molecule has 1 rings (SSSR count). The van der Waals surface area contributed by atoms with Gasteiger partial charge in [-0.1, -0.05) is 20.8 Å². The molecule has 0 aliphatic heterocycles. The van der Waals surface area contributed by atoms with E-state index in [2.05, 4.69) is 25.8 Å². The van der Waals surface area contributed by atoms with Gasteiger partial charge in [-0.15, -0.1) is 0 Å². The van der Waals surface area contributed by atoms with Crippen molar-refractivity contribution in [2.45, 2.75) is 33.1 Å². The van der Waals surface area contributed by atoms with Gasteiger partial charge in [0.25, 0.3) is 0 Å². The zero-order valence-electron chi connectivity index (χ0n) is 9.70. The van der Waals surface area contributed by atoms with Crippen LogP contribution in [0.15, 0.2) is 18.5 Å². The third kappa shape index (κ3) is 2.78. The minimum atomic E-state index is -0.296. The number of pyridine rings is 1. The van der Waals surface area contributed by atoms with Crippen LogP contribution < -0.4 is 0 Å². The lowest BCUT2D eigenvalue weighted by molar-refractivity contribution is 0.0523. The molecule has 15 heavy (non-hydrogen) atoms. The first-order valence-electron chi connectivity index (χ1n) is 5.08. The van der Waals surface area contributed by atoms with Crippen LogP contribution in [-0.2, 0) is 10.2 Å². The van der Waals surface area contributed by atoms with Gasteiger partial charge < -0.3 is 4.74 Å². The van der Waals surface area contributed by atoms with Crippen molar-refractivity contribution < 1.29 is 9.53 Å². The van der Waals surface area contributed by atoms with Crippen molar-refractivity contribution >= 4 is 5.97 Å². The summed E-state index contributed by atoms with van der Waals surface area (Å²) in [6, 6.07) is 1.87. The Hall–Kier alpha value is -1.38. The molecule has 0 aromatic carbocycles. The highest BCUT2D eigenvalue weighted by Crippen LogP contribution is 2.25. The van der Waals surface area contributed by atoms with Gasteiger partial charge in [0.2, 0.25) is 0 Å². The number of aromatic nitrogens is 1. The van der Waals surface area contributed by atoms with E-state index in [0.29, 0.717) is 12.2 Å². The van der Waals surface area contributed by atoms with Crippen LogP contribution in [0.25, 0.3) is 0 Å². The van der Waals surface area contributed by atoms with Crippen molar-refractivity contribution in [1.29, 1.82) is 0 Å². The maximum absolute atomic E-state index is 11.6. The van der Waals surface area contributed by atoms with Crippen molar-refractivity contribution in [2.75, 3.05) is 6.61 Å². The summed E-state index contributed by atoms with van der Waals surface area (Å²) in [7, 11) is 0. The topological polar surface area (TPSA) is 39.2 Å². The monoisotopic (exact) mass is 207 g/mol. The fourth-order valence-electron chi connectivity index (χ4n) is 1.42. The summed E-state index contributed by atoms with van der Waals surface area (Å²) in [5, 5.41) is 0. The van der Waals surface area contributed by atoms with Crippen molar-refractivity contribution in [2.24, 2.45) is 0 Å². The first kappa shape index (κ1) is 11.7. The molecule has 0 unspecified atom stereocenters. The fourth-order valence-corrected chi connectivity index (χ4v) is 1.42. The van der Waals surface area contributed by atoms with Gasteiger partial charge >= 0.3 is 5.97 Å². The molecule has 0 radical (unpaired) electrons. The molecule has 1 aromatic heterocycles. The third-order valence-corrected chi connectivity index (χ3v) is 2.12. The average molecular weight is 207 g/mol. The highest BCUT2D eigenvalue weighted by molar-refractivity contribution is 5.91. The molecular formula is C12H17NO2. The summed E-state index contributed by atoms with van der Waals surface area (Å²) in [6.07, 6.45) is 3.27. The van der Waals surface area contributed by atoms with Gasteiger partial charge in [0.15, 0.2) is 0 Å². The van der Waals surface area contributed by atoms with Gasteiger partial charge in [-0.05, 0) is 24.0 Å². The number of carbonyl (C=O) groups excluding carboxylic acids is 1. The predicted octanol–water partition coefficient (Wildman–Crippen LogP) is 2.56. The Balaban J connectivity index is 3.12. The molecule has 3 heteroatoms. The molecule has 1 aromatic rings. The second-order valence-electron chi connectivity index (χ2n) is 4.39. The van der Waals surface area contributed by atoms with Crippen LogP contribution in [0, 0.1) is 0 Å². The molecule has 0 aliphatic carbocycles. The van der Waals surface area contributed by atoms with Crippen molar-refractivity contribution in [3.63, 3.8) is 0 Å². The smallest absolute Gasteiger partial charge is 0.339 e. The first-order valence-corrected chi connectivity index (χ1v) is 5.08. The lowest BCUT2D eigenvalue weighted by Crippen LogP contribution is -2.18. The quantitative estimate of drug-likeness (QED) is 0.699. The first-order chi connectivity index (χ1) is 6.96. The Morgan fingerprint density at radius 2 is 2.13 bits per heavy atom. The minimum absolute atomic E-state index is 0.0783. The van der Waals surface area contributed by atoms with Gasteiger partial charge in [0.05, 0.1) is 12.2 Å². The van der Waals surface area contributed by atoms with Crippen molar-refractivity contribution in [3.05, 3.63) is 29.6 Å². The number of nitrogens with zero attached hydrogens (tertiary/aromatic N) is 1. The number of hydrogen-bond donors (Lipinski definition) is 0. The Morgan fingerprint density at radius 1 is 1.47 bits per heavy atom. The summed E-state index contributed by atoms with van der Waals surface area (Å²) in [4.78, 5) is 15.6. The Bertz CT molecular complexity index is 353. The summed E-state index contributed by atoms with van der Waals surface area (Å²) < 4.78 is 4.98. The molecule has 3 nitrogen and oxygen atoms in total. The van der Waals surface area contributed by atoms with Crippen LogP contribution in [0.5, 0.6) is 0 Å². The lowest BCUT2D eigenvalue weighted by atomic mass is 9.85. The van der Waals surface area contributed by atoms with E-state index >= 15 is 0 Å². The van der Waals surface area contributed by atoms with Gasteiger partial charge in [0, 0.05) is 12.4 Å². The summed E-state index contributed by atoms with van der Waals surface area (Å²) in [5.41, 5.74) is 1.45. The molecule has 1 heterocycles. The molecule has 0 bridgehead atoms. The van der Waals surface area contributed by atoms with E-state index in [1.165, 1.54) is 0 Å². The van der Waals surface area contributed by atoms with Gasteiger partial charge in [-0.25, -0.2) is 4.79 Å². The zero-order chi connectivity index (χ0) is 11.5.